The first-order chi connectivity index (χ1) is 12.1. The SMILES string of the molecule is O=C(COc1ccc(F)cc1)Nc1ccnn1Cc1ccccc1Br. The van der Waals surface area contributed by atoms with Crippen molar-refractivity contribution in [2.45, 2.75) is 6.54 Å². The number of halogens is 2. The van der Waals surface area contributed by atoms with Gasteiger partial charge < -0.3 is 10.1 Å². The summed E-state index contributed by atoms with van der Waals surface area (Å²) in [5, 5.41) is 6.99. The molecule has 3 rings (SSSR count). The number of benzene rings is 2. The van der Waals surface area contributed by atoms with E-state index >= 15 is 0 Å². The van der Waals surface area contributed by atoms with Crippen molar-refractivity contribution >= 4 is 27.7 Å². The largest absolute Gasteiger partial charge is 0.484 e. The molecule has 0 atom stereocenters. The molecule has 1 heterocycles. The van der Waals surface area contributed by atoms with Gasteiger partial charge in [0.2, 0.25) is 0 Å². The zero-order chi connectivity index (χ0) is 17.6. The first-order valence-electron chi connectivity index (χ1n) is 7.55. The van der Waals surface area contributed by atoms with Crippen LogP contribution >= 0.6 is 15.9 Å². The topological polar surface area (TPSA) is 56.1 Å². The quantitative estimate of drug-likeness (QED) is 0.679. The number of carbonyl (C=O) groups is 1. The molecule has 0 unspecified atom stereocenters. The third kappa shape index (κ3) is 4.67. The van der Waals surface area contributed by atoms with Gasteiger partial charge in [-0.1, -0.05) is 34.1 Å². The molecular weight excluding hydrogens is 389 g/mol. The van der Waals surface area contributed by atoms with Crippen molar-refractivity contribution in [3.8, 4) is 5.75 Å². The van der Waals surface area contributed by atoms with Gasteiger partial charge in [-0.05, 0) is 35.9 Å². The lowest BCUT2D eigenvalue weighted by molar-refractivity contribution is -0.118. The zero-order valence-corrected chi connectivity index (χ0v) is 14.7. The van der Waals surface area contributed by atoms with Crippen molar-refractivity contribution in [1.29, 1.82) is 0 Å². The molecule has 2 aromatic carbocycles. The Labute approximate surface area is 152 Å². The molecule has 1 N–H and O–H groups in total. The van der Waals surface area contributed by atoms with Gasteiger partial charge in [0.05, 0.1) is 12.7 Å². The van der Waals surface area contributed by atoms with E-state index in [1.54, 1.807) is 16.9 Å². The van der Waals surface area contributed by atoms with Gasteiger partial charge in [-0.3, -0.25) is 4.79 Å². The Morgan fingerprint density at radius 2 is 1.92 bits per heavy atom. The Morgan fingerprint density at radius 3 is 2.68 bits per heavy atom. The van der Waals surface area contributed by atoms with Crippen LogP contribution in [-0.4, -0.2) is 22.3 Å². The van der Waals surface area contributed by atoms with Crippen LogP contribution in [0.2, 0.25) is 0 Å². The molecule has 5 nitrogen and oxygen atoms in total. The summed E-state index contributed by atoms with van der Waals surface area (Å²) in [6, 6.07) is 15.0. The van der Waals surface area contributed by atoms with E-state index in [2.05, 4.69) is 26.3 Å². The Balaban J connectivity index is 1.60. The molecule has 0 bridgehead atoms. The lowest BCUT2D eigenvalue weighted by Gasteiger charge is -2.11. The molecule has 128 valence electrons. The average molecular weight is 404 g/mol. The highest BCUT2D eigenvalue weighted by atomic mass is 79.9. The number of nitrogens with zero attached hydrogens (tertiary/aromatic N) is 2. The van der Waals surface area contributed by atoms with Gasteiger partial charge in [-0.2, -0.15) is 5.10 Å². The zero-order valence-electron chi connectivity index (χ0n) is 13.2. The Bertz CT molecular complexity index is 865. The Hall–Kier alpha value is -2.67. The van der Waals surface area contributed by atoms with Crippen molar-refractivity contribution in [2.75, 3.05) is 11.9 Å². The minimum Gasteiger partial charge on any atom is -0.484 e. The maximum Gasteiger partial charge on any atom is 0.263 e. The van der Waals surface area contributed by atoms with Crippen LogP contribution in [0.1, 0.15) is 5.56 Å². The predicted molar refractivity (Wildman–Crippen MR) is 96.0 cm³/mol. The van der Waals surface area contributed by atoms with Crippen molar-refractivity contribution in [3.63, 3.8) is 0 Å². The molecular formula is C18H15BrFN3O2. The molecule has 0 radical (unpaired) electrons. The van der Waals surface area contributed by atoms with Crippen LogP contribution in [0, 0.1) is 5.82 Å². The molecule has 1 aromatic heterocycles. The van der Waals surface area contributed by atoms with Gasteiger partial charge >= 0.3 is 0 Å². The summed E-state index contributed by atoms with van der Waals surface area (Å²) >= 11 is 3.50. The minimum absolute atomic E-state index is 0.175. The predicted octanol–water partition coefficient (Wildman–Crippen LogP) is 3.85. The van der Waals surface area contributed by atoms with E-state index < -0.39 is 0 Å². The summed E-state index contributed by atoms with van der Waals surface area (Å²) in [6.07, 6.45) is 1.62. The molecule has 0 spiro atoms. The normalized spacial score (nSPS) is 10.5. The van der Waals surface area contributed by atoms with E-state index in [1.165, 1.54) is 24.3 Å². The average Bonchev–Trinajstić information content (AvgIpc) is 3.03. The number of rotatable bonds is 6. The van der Waals surface area contributed by atoms with E-state index in [-0.39, 0.29) is 18.3 Å². The van der Waals surface area contributed by atoms with E-state index in [9.17, 15) is 9.18 Å². The number of nitrogens with one attached hydrogen (secondary N) is 1. The Kier molecular flexibility index (Phi) is 5.45. The maximum absolute atomic E-state index is 12.8. The summed E-state index contributed by atoms with van der Waals surface area (Å²) in [4.78, 5) is 12.1. The molecule has 0 aliphatic rings. The smallest absolute Gasteiger partial charge is 0.263 e. The second kappa shape index (κ2) is 7.94. The fraction of sp³-hybridized carbons (Fsp3) is 0.111. The third-order valence-corrected chi connectivity index (χ3v) is 4.22. The highest BCUT2D eigenvalue weighted by Gasteiger charge is 2.10. The van der Waals surface area contributed by atoms with Crippen LogP contribution in [0.25, 0.3) is 0 Å². The van der Waals surface area contributed by atoms with Crippen molar-refractivity contribution in [1.82, 2.24) is 9.78 Å². The molecule has 25 heavy (non-hydrogen) atoms. The number of carbonyl (C=O) groups excluding carboxylic acids is 1. The van der Waals surface area contributed by atoms with Crippen LogP contribution in [0.5, 0.6) is 5.75 Å². The monoisotopic (exact) mass is 403 g/mol. The van der Waals surface area contributed by atoms with Gasteiger partial charge in [0.25, 0.3) is 5.91 Å². The molecule has 0 aliphatic carbocycles. The van der Waals surface area contributed by atoms with Crippen LogP contribution in [-0.2, 0) is 11.3 Å². The van der Waals surface area contributed by atoms with Gasteiger partial charge in [0.1, 0.15) is 17.4 Å². The molecule has 3 aromatic rings. The number of aromatic nitrogens is 2. The molecule has 0 saturated carbocycles. The summed E-state index contributed by atoms with van der Waals surface area (Å²) < 4.78 is 20.8. The Morgan fingerprint density at radius 1 is 1.16 bits per heavy atom. The first kappa shape index (κ1) is 17.2. The van der Waals surface area contributed by atoms with Gasteiger partial charge in [0, 0.05) is 10.5 Å². The molecule has 1 amide bonds. The van der Waals surface area contributed by atoms with Gasteiger partial charge in [-0.25, -0.2) is 9.07 Å². The minimum atomic E-state index is -0.354. The summed E-state index contributed by atoms with van der Waals surface area (Å²) in [5.74, 6) is 0.327. The van der Waals surface area contributed by atoms with E-state index in [0.29, 0.717) is 18.1 Å². The van der Waals surface area contributed by atoms with Crippen LogP contribution in [0.3, 0.4) is 0 Å². The van der Waals surface area contributed by atoms with Crippen LogP contribution in [0.4, 0.5) is 10.2 Å². The van der Waals surface area contributed by atoms with E-state index in [4.69, 9.17) is 4.74 Å². The summed E-state index contributed by atoms with van der Waals surface area (Å²) in [5.41, 5.74) is 1.05. The molecule has 0 fully saturated rings. The number of hydrogen-bond donors (Lipinski definition) is 1. The summed E-state index contributed by atoms with van der Waals surface area (Å²) in [6.45, 7) is 0.342. The lowest BCUT2D eigenvalue weighted by atomic mass is 10.2. The number of ether oxygens (including phenoxy) is 1. The van der Waals surface area contributed by atoms with Crippen molar-refractivity contribution in [2.24, 2.45) is 0 Å². The van der Waals surface area contributed by atoms with Crippen LogP contribution in [0.15, 0.2) is 65.3 Å². The number of amides is 1. The van der Waals surface area contributed by atoms with E-state index in [0.717, 1.165) is 10.0 Å². The maximum atomic E-state index is 12.8. The van der Waals surface area contributed by atoms with E-state index in [1.807, 2.05) is 24.3 Å². The number of hydrogen-bond acceptors (Lipinski definition) is 3. The standard InChI is InChI=1S/C18H15BrFN3O2/c19-16-4-2-1-3-13(16)11-23-17(9-10-21-23)22-18(24)12-25-15-7-5-14(20)6-8-15/h1-10H,11-12H2,(H,22,24). The summed E-state index contributed by atoms with van der Waals surface area (Å²) in [7, 11) is 0. The van der Waals surface area contributed by atoms with Crippen LogP contribution < -0.4 is 10.1 Å². The second-order valence-corrected chi connectivity index (χ2v) is 6.11. The third-order valence-electron chi connectivity index (χ3n) is 3.45. The first-order valence-corrected chi connectivity index (χ1v) is 8.34. The molecule has 0 aliphatic heterocycles. The molecule has 7 heteroatoms. The second-order valence-electron chi connectivity index (χ2n) is 5.26. The van der Waals surface area contributed by atoms with Gasteiger partial charge in [-0.15, -0.1) is 0 Å². The highest BCUT2D eigenvalue weighted by molar-refractivity contribution is 9.10. The van der Waals surface area contributed by atoms with Crippen molar-refractivity contribution in [3.05, 3.63) is 76.6 Å². The lowest BCUT2D eigenvalue weighted by Crippen LogP contribution is -2.22. The van der Waals surface area contributed by atoms with Gasteiger partial charge in [0.15, 0.2) is 6.61 Å². The fourth-order valence-electron chi connectivity index (χ4n) is 2.21. The highest BCUT2D eigenvalue weighted by Crippen LogP contribution is 2.19. The molecule has 0 saturated heterocycles. The van der Waals surface area contributed by atoms with Crippen molar-refractivity contribution < 1.29 is 13.9 Å². The fourth-order valence-corrected chi connectivity index (χ4v) is 2.62. The number of anilines is 1.